The van der Waals surface area contributed by atoms with Gasteiger partial charge in [-0.2, -0.15) is 13.2 Å². The molecule has 0 atom stereocenters. The van der Waals surface area contributed by atoms with Crippen LogP contribution in [0.4, 0.5) is 23.2 Å². The standard InChI is InChI=1S/C18H20F4N2/c1-9(2)13-14(19)17(24-16(10(3)4)15(13)23)11-6-5-7-12(8-11)18(20,21)22/h5-10H,23H2,1-4H3. The predicted octanol–water partition coefficient (Wildman–Crippen LogP) is 5.74. The summed E-state index contributed by atoms with van der Waals surface area (Å²) in [7, 11) is 0. The zero-order valence-electron chi connectivity index (χ0n) is 14.0. The van der Waals surface area contributed by atoms with Gasteiger partial charge in [0.1, 0.15) is 5.69 Å². The molecule has 0 fully saturated rings. The minimum Gasteiger partial charge on any atom is -0.397 e. The van der Waals surface area contributed by atoms with Crippen molar-refractivity contribution in [1.29, 1.82) is 0 Å². The molecule has 6 heteroatoms. The third-order valence-electron chi connectivity index (χ3n) is 3.83. The van der Waals surface area contributed by atoms with Gasteiger partial charge in [-0.05, 0) is 24.0 Å². The van der Waals surface area contributed by atoms with Gasteiger partial charge in [0.25, 0.3) is 0 Å². The Morgan fingerprint density at radius 1 is 1.04 bits per heavy atom. The van der Waals surface area contributed by atoms with E-state index >= 15 is 0 Å². The molecule has 1 aromatic carbocycles. The minimum atomic E-state index is -4.50. The van der Waals surface area contributed by atoms with E-state index in [2.05, 4.69) is 4.98 Å². The molecule has 0 radical (unpaired) electrons. The third-order valence-corrected chi connectivity index (χ3v) is 3.83. The minimum absolute atomic E-state index is 0.0763. The second kappa shape index (κ2) is 6.42. The summed E-state index contributed by atoms with van der Waals surface area (Å²) >= 11 is 0. The smallest absolute Gasteiger partial charge is 0.397 e. The number of hydrogen-bond acceptors (Lipinski definition) is 2. The Morgan fingerprint density at radius 3 is 2.17 bits per heavy atom. The van der Waals surface area contributed by atoms with Crippen molar-refractivity contribution in [3.8, 4) is 11.3 Å². The van der Waals surface area contributed by atoms with Gasteiger partial charge in [0.15, 0.2) is 5.82 Å². The first-order valence-electron chi connectivity index (χ1n) is 7.70. The average Bonchev–Trinajstić information content (AvgIpc) is 2.46. The topological polar surface area (TPSA) is 38.9 Å². The molecule has 0 bridgehead atoms. The number of benzene rings is 1. The van der Waals surface area contributed by atoms with Gasteiger partial charge in [-0.1, -0.05) is 39.8 Å². The van der Waals surface area contributed by atoms with E-state index in [1.807, 2.05) is 13.8 Å². The molecule has 1 heterocycles. The van der Waals surface area contributed by atoms with Crippen LogP contribution in [0.5, 0.6) is 0 Å². The van der Waals surface area contributed by atoms with Gasteiger partial charge in [0.05, 0.1) is 16.9 Å². The molecule has 1 aromatic heterocycles. The Balaban J connectivity index is 2.75. The highest BCUT2D eigenvalue weighted by Crippen LogP contribution is 2.37. The molecule has 0 aliphatic carbocycles. The van der Waals surface area contributed by atoms with Gasteiger partial charge in [-0.25, -0.2) is 9.37 Å². The molecule has 2 rings (SSSR count). The van der Waals surface area contributed by atoms with Crippen molar-refractivity contribution in [3.63, 3.8) is 0 Å². The number of nitrogens with two attached hydrogens (primary N) is 1. The van der Waals surface area contributed by atoms with Crippen LogP contribution in [0, 0.1) is 5.82 Å². The van der Waals surface area contributed by atoms with Gasteiger partial charge in [0, 0.05) is 11.1 Å². The fourth-order valence-electron chi connectivity index (χ4n) is 2.65. The lowest BCUT2D eigenvalue weighted by atomic mass is 9.94. The molecule has 24 heavy (non-hydrogen) atoms. The van der Waals surface area contributed by atoms with Gasteiger partial charge in [-0.3, -0.25) is 0 Å². The number of aromatic nitrogens is 1. The maximum Gasteiger partial charge on any atom is 0.416 e. The van der Waals surface area contributed by atoms with Gasteiger partial charge in [-0.15, -0.1) is 0 Å². The second-order valence-electron chi connectivity index (χ2n) is 6.37. The fourth-order valence-corrected chi connectivity index (χ4v) is 2.65. The summed E-state index contributed by atoms with van der Waals surface area (Å²) in [4.78, 5) is 4.24. The molecular weight excluding hydrogens is 320 g/mol. The van der Waals surface area contributed by atoms with Crippen molar-refractivity contribution in [2.75, 3.05) is 5.73 Å². The number of pyridine rings is 1. The van der Waals surface area contributed by atoms with Crippen LogP contribution >= 0.6 is 0 Å². The molecule has 2 N–H and O–H groups in total. The first-order valence-corrected chi connectivity index (χ1v) is 7.70. The summed E-state index contributed by atoms with van der Waals surface area (Å²) in [6, 6.07) is 4.53. The van der Waals surface area contributed by atoms with Crippen molar-refractivity contribution in [1.82, 2.24) is 4.98 Å². The quantitative estimate of drug-likeness (QED) is 0.724. The molecule has 0 aliphatic rings. The maximum absolute atomic E-state index is 14.9. The largest absolute Gasteiger partial charge is 0.416 e. The van der Waals surface area contributed by atoms with E-state index in [9.17, 15) is 17.6 Å². The number of nitrogens with zero attached hydrogens (tertiary/aromatic N) is 1. The van der Waals surface area contributed by atoms with E-state index in [0.717, 1.165) is 12.1 Å². The molecule has 0 amide bonds. The molecule has 0 unspecified atom stereocenters. The van der Waals surface area contributed by atoms with Crippen molar-refractivity contribution >= 4 is 5.69 Å². The zero-order chi connectivity index (χ0) is 18.2. The number of hydrogen-bond donors (Lipinski definition) is 1. The first-order chi connectivity index (χ1) is 11.0. The number of rotatable bonds is 3. The Labute approximate surface area is 138 Å². The summed E-state index contributed by atoms with van der Waals surface area (Å²) in [5.41, 5.74) is 6.26. The van der Waals surface area contributed by atoms with Crippen LogP contribution in [0.15, 0.2) is 24.3 Å². The normalized spacial score (nSPS) is 12.2. The lowest BCUT2D eigenvalue weighted by molar-refractivity contribution is -0.137. The van der Waals surface area contributed by atoms with Gasteiger partial charge < -0.3 is 5.73 Å². The highest BCUT2D eigenvalue weighted by molar-refractivity contribution is 5.68. The predicted molar refractivity (Wildman–Crippen MR) is 87.2 cm³/mol. The molecule has 0 aliphatic heterocycles. The molecule has 2 aromatic rings. The molecule has 0 saturated carbocycles. The van der Waals surface area contributed by atoms with Crippen LogP contribution in [0.25, 0.3) is 11.3 Å². The third kappa shape index (κ3) is 3.37. The van der Waals surface area contributed by atoms with Gasteiger partial charge >= 0.3 is 6.18 Å². The summed E-state index contributed by atoms with van der Waals surface area (Å²) in [6.45, 7) is 7.29. The van der Waals surface area contributed by atoms with E-state index < -0.39 is 17.6 Å². The molecule has 130 valence electrons. The molecule has 0 saturated heterocycles. The number of alkyl halides is 3. The average molecular weight is 340 g/mol. The second-order valence-corrected chi connectivity index (χ2v) is 6.37. The molecule has 2 nitrogen and oxygen atoms in total. The first kappa shape index (κ1) is 18.2. The van der Waals surface area contributed by atoms with E-state index in [1.165, 1.54) is 12.1 Å². The summed E-state index contributed by atoms with van der Waals surface area (Å²) in [5.74, 6) is -0.950. The Bertz CT molecular complexity index is 749. The van der Waals surface area contributed by atoms with E-state index in [4.69, 9.17) is 5.73 Å². The van der Waals surface area contributed by atoms with Crippen molar-refractivity contribution in [2.45, 2.75) is 45.7 Å². The van der Waals surface area contributed by atoms with Crippen molar-refractivity contribution < 1.29 is 17.6 Å². The molecular formula is C18H20F4N2. The Hall–Kier alpha value is -2.11. The van der Waals surface area contributed by atoms with Crippen LogP contribution < -0.4 is 5.73 Å². The van der Waals surface area contributed by atoms with Crippen LogP contribution in [-0.4, -0.2) is 4.98 Å². The van der Waals surface area contributed by atoms with Crippen LogP contribution in [0.3, 0.4) is 0 Å². The van der Waals surface area contributed by atoms with Crippen molar-refractivity contribution in [2.24, 2.45) is 0 Å². The fraction of sp³-hybridized carbons (Fsp3) is 0.389. The monoisotopic (exact) mass is 340 g/mol. The summed E-state index contributed by atoms with van der Waals surface area (Å²) in [5, 5.41) is 0. The zero-order valence-corrected chi connectivity index (χ0v) is 14.0. The van der Waals surface area contributed by atoms with Crippen molar-refractivity contribution in [3.05, 3.63) is 46.9 Å². The SMILES string of the molecule is CC(C)c1nc(-c2cccc(C(F)(F)F)c2)c(F)c(C(C)C)c1N. The van der Waals surface area contributed by atoms with Crippen LogP contribution in [0.1, 0.15) is 56.4 Å². The lowest BCUT2D eigenvalue weighted by Gasteiger charge is -2.19. The highest BCUT2D eigenvalue weighted by atomic mass is 19.4. The van der Waals surface area contributed by atoms with Crippen LogP contribution in [0.2, 0.25) is 0 Å². The maximum atomic E-state index is 14.9. The van der Waals surface area contributed by atoms with E-state index in [1.54, 1.807) is 13.8 Å². The van der Waals surface area contributed by atoms with E-state index in [-0.39, 0.29) is 28.8 Å². The van der Waals surface area contributed by atoms with Gasteiger partial charge in [0.2, 0.25) is 0 Å². The Kier molecular flexibility index (Phi) is 4.87. The number of halogens is 4. The summed E-state index contributed by atoms with van der Waals surface area (Å²) in [6.07, 6.45) is -4.50. The lowest BCUT2D eigenvalue weighted by Crippen LogP contribution is -2.11. The van der Waals surface area contributed by atoms with Crippen LogP contribution in [-0.2, 0) is 6.18 Å². The number of anilines is 1. The Morgan fingerprint density at radius 2 is 1.67 bits per heavy atom. The molecule has 0 spiro atoms. The number of nitrogen functional groups attached to an aromatic ring is 1. The van der Waals surface area contributed by atoms with E-state index in [0.29, 0.717) is 11.3 Å². The highest BCUT2D eigenvalue weighted by Gasteiger charge is 2.31. The summed E-state index contributed by atoms with van der Waals surface area (Å²) < 4.78 is 53.7.